The van der Waals surface area contributed by atoms with Crippen LogP contribution in [0.1, 0.15) is 52.2 Å². The Bertz CT molecular complexity index is 829. The van der Waals surface area contributed by atoms with Crippen LogP contribution in [0.5, 0.6) is 5.75 Å². The Hall–Kier alpha value is -1.98. The average molecular weight is 390 g/mol. The Labute approximate surface area is 167 Å². The lowest BCUT2D eigenvalue weighted by atomic mass is 10.0. The Morgan fingerprint density at radius 3 is 2.67 bits per heavy atom. The maximum atomic E-state index is 13.5. The van der Waals surface area contributed by atoms with Crippen molar-refractivity contribution in [3.05, 3.63) is 52.8 Å². The molecule has 5 nitrogen and oxygen atoms in total. The number of nitrogens with one attached hydrogen (secondary N) is 1. The van der Waals surface area contributed by atoms with Crippen LogP contribution in [0.2, 0.25) is 0 Å². The lowest BCUT2D eigenvalue weighted by molar-refractivity contribution is 0.0631. The molecule has 1 saturated carbocycles. The van der Waals surface area contributed by atoms with Gasteiger partial charge in [0.1, 0.15) is 5.75 Å². The molecule has 2 aliphatic rings. The third-order valence-corrected chi connectivity index (χ3v) is 5.63. The summed E-state index contributed by atoms with van der Waals surface area (Å²) in [5.41, 5.74) is 4.20. The van der Waals surface area contributed by atoms with Crippen LogP contribution in [-0.2, 0) is 0 Å². The summed E-state index contributed by atoms with van der Waals surface area (Å²) in [6.07, 6.45) is 2.45. The largest absolute Gasteiger partial charge is 0.496 e. The maximum Gasteiger partial charge on any atom is 0.256 e. The number of nitrogens with zero attached hydrogens (tertiary/aromatic N) is 2. The number of aromatic nitrogens is 1. The average Bonchev–Trinajstić information content (AvgIpc) is 3.46. The van der Waals surface area contributed by atoms with Crippen molar-refractivity contribution in [3.8, 4) is 5.75 Å². The van der Waals surface area contributed by atoms with E-state index in [1.165, 1.54) is 18.5 Å². The molecule has 2 aromatic rings. The van der Waals surface area contributed by atoms with Gasteiger partial charge in [-0.05, 0) is 38.8 Å². The van der Waals surface area contributed by atoms with Crippen molar-refractivity contribution in [3.63, 3.8) is 0 Å². The van der Waals surface area contributed by atoms with Gasteiger partial charge in [0.25, 0.3) is 5.91 Å². The van der Waals surface area contributed by atoms with E-state index >= 15 is 0 Å². The summed E-state index contributed by atoms with van der Waals surface area (Å²) in [5, 5.41) is 3.43. The number of ether oxygens (including phenoxy) is 1. The van der Waals surface area contributed by atoms with Gasteiger partial charge in [-0.25, -0.2) is 0 Å². The number of halogens is 1. The predicted octanol–water partition coefficient (Wildman–Crippen LogP) is 3.66. The molecule has 2 fully saturated rings. The van der Waals surface area contributed by atoms with Gasteiger partial charge in [0.2, 0.25) is 0 Å². The Morgan fingerprint density at radius 1 is 1.22 bits per heavy atom. The van der Waals surface area contributed by atoms with Gasteiger partial charge in [0, 0.05) is 42.6 Å². The molecule has 1 aromatic carbocycles. The van der Waals surface area contributed by atoms with Crippen molar-refractivity contribution >= 4 is 18.3 Å². The number of aryl methyl sites for hydroxylation is 1. The molecule has 1 atom stereocenters. The predicted molar refractivity (Wildman–Crippen MR) is 109 cm³/mol. The first-order chi connectivity index (χ1) is 12.6. The molecule has 0 bridgehead atoms. The third-order valence-electron chi connectivity index (χ3n) is 5.63. The minimum Gasteiger partial charge on any atom is -0.496 e. The highest BCUT2D eigenvalue weighted by Gasteiger charge is 2.34. The molecule has 1 aliphatic heterocycles. The van der Waals surface area contributed by atoms with Gasteiger partial charge < -0.3 is 19.5 Å². The molecule has 0 radical (unpaired) electrons. The van der Waals surface area contributed by atoms with Crippen molar-refractivity contribution in [1.29, 1.82) is 0 Å². The molecule has 1 amide bonds. The normalized spacial score (nSPS) is 19.5. The van der Waals surface area contributed by atoms with E-state index in [9.17, 15) is 4.79 Å². The topological polar surface area (TPSA) is 46.5 Å². The first-order valence-electron chi connectivity index (χ1n) is 9.45. The number of carbonyl (C=O) groups excluding carboxylic acids is 1. The van der Waals surface area contributed by atoms with Gasteiger partial charge in [0.05, 0.1) is 18.7 Å². The molecule has 27 heavy (non-hydrogen) atoms. The van der Waals surface area contributed by atoms with Gasteiger partial charge in [-0.15, -0.1) is 12.4 Å². The summed E-state index contributed by atoms with van der Waals surface area (Å²) in [6.45, 7) is 6.46. The zero-order valence-corrected chi connectivity index (χ0v) is 17.0. The number of para-hydroxylation sites is 1. The Balaban J connectivity index is 0.00000210. The molecule has 1 unspecified atom stereocenters. The van der Waals surface area contributed by atoms with E-state index in [1.54, 1.807) is 7.11 Å². The molecular formula is C21H28ClN3O2. The van der Waals surface area contributed by atoms with Crippen molar-refractivity contribution in [2.24, 2.45) is 0 Å². The van der Waals surface area contributed by atoms with E-state index in [2.05, 4.69) is 35.9 Å². The van der Waals surface area contributed by atoms with E-state index in [0.717, 1.165) is 35.7 Å². The van der Waals surface area contributed by atoms with Crippen LogP contribution in [0.3, 0.4) is 0 Å². The monoisotopic (exact) mass is 389 g/mol. The van der Waals surface area contributed by atoms with Crippen LogP contribution in [0.4, 0.5) is 0 Å². The van der Waals surface area contributed by atoms with Crippen molar-refractivity contribution < 1.29 is 9.53 Å². The van der Waals surface area contributed by atoms with E-state index in [4.69, 9.17) is 4.74 Å². The van der Waals surface area contributed by atoms with Gasteiger partial charge in [0.15, 0.2) is 0 Å². The summed E-state index contributed by atoms with van der Waals surface area (Å²) in [4.78, 5) is 15.5. The fraction of sp³-hybridized carbons (Fsp3) is 0.476. The maximum absolute atomic E-state index is 13.5. The number of carbonyl (C=O) groups is 1. The van der Waals surface area contributed by atoms with Gasteiger partial charge in [-0.3, -0.25) is 4.79 Å². The molecule has 2 heterocycles. The van der Waals surface area contributed by atoms with Crippen molar-refractivity contribution in [1.82, 2.24) is 14.8 Å². The number of rotatable bonds is 4. The molecular weight excluding hydrogens is 362 g/mol. The van der Waals surface area contributed by atoms with Crippen molar-refractivity contribution in [2.45, 2.75) is 38.8 Å². The minimum absolute atomic E-state index is 0. The third kappa shape index (κ3) is 3.58. The zero-order valence-electron chi connectivity index (χ0n) is 16.2. The summed E-state index contributed by atoms with van der Waals surface area (Å²) < 4.78 is 7.89. The highest BCUT2D eigenvalue weighted by atomic mass is 35.5. The van der Waals surface area contributed by atoms with Gasteiger partial charge in [-0.1, -0.05) is 18.2 Å². The van der Waals surface area contributed by atoms with Crippen LogP contribution >= 0.6 is 12.4 Å². The second-order valence-corrected chi connectivity index (χ2v) is 7.35. The fourth-order valence-electron chi connectivity index (χ4n) is 4.21. The van der Waals surface area contributed by atoms with E-state index in [0.29, 0.717) is 12.6 Å². The summed E-state index contributed by atoms with van der Waals surface area (Å²) in [5.74, 6) is 0.963. The molecule has 1 aliphatic carbocycles. The first kappa shape index (κ1) is 19.8. The molecule has 6 heteroatoms. The molecule has 1 saturated heterocycles. The summed E-state index contributed by atoms with van der Waals surface area (Å²) >= 11 is 0. The highest BCUT2D eigenvalue weighted by molar-refractivity contribution is 5.96. The molecule has 1 aromatic heterocycles. The zero-order chi connectivity index (χ0) is 18.3. The molecule has 1 N–H and O–H groups in total. The quantitative estimate of drug-likeness (QED) is 0.868. The number of hydrogen-bond donors (Lipinski definition) is 1. The van der Waals surface area contributed by atoms with Gasteiger partial charge in [-0.2, -0.15) is 0 Å². The number of piperazine rings is 1. The molecule has 0 spiro atoms. The Morgan fingerprint density at radius 2 is 1.96 bits per heavy atom. The number of benzene rings is 1. The van der Waals surface area contributed by atoms with Crippen LogP contribution in [0.15, 0.2) is 30.3 Å². The van der Waals surface area contributed by atoms with E-state index in [1.807, 2.05) is 23.1 Å². The van der Waals surface area contributed by atoms with E-state index in [-0.39, 0.29) is 24.4 Å². The van der Waals surface area contributed by atoms with Crippen molar-refractivity contribution in [2.75, 3.05) is 26.7 Å². The van der Waals surface area contributed by atoms with Crippen LogP contribution in [0.25, 0.3) is 0 Å². The second-order valence-electron chi connectivity index (χ2n) is 7.35. The Kier molecular flexibility index (Phi) is 5.82. The van der Waals surface area contributed by atoms with Crippen LogP contribution < -0.4 is 10.1 Å². The number of amides is 1. The lowest BCUT2D eigenvalue weighted by Crippen LogP contribution is -2.48. The second kappa shape index (κ2) is 7.95. The smallest absolute Gasteiger partial charge is 0.256 e. The molecule has 146 valence electrons. The van der Waals surface area contributed by atoms with Crippen LogP contribution in [-0.4, -0.2) is 42.1 Å². The van der Waals surface area contributed by atoms with Crippen LogP contribution in [0, 0.1) is 13.8 Å². The number of hydrogen-bond acceptors (Lipinski definition) is 3. The minimum atomic E-state index is -0.0172. The summed E-state index contributed by atoms with van der Waals surface area (Å²) in [6, 6.07) is 10.6. The first-order valence-corrected chi connectivity index (χ1v) is 9.45. The summed E-state index contributed by atoms with van der Waals surface area (Å²) in [7, 11) is 1.69. The lowest BCUT2D eigenvalue weighted by Gasteiger charge is -2.37. The SMILES string of the molecule is COc1ccccc1C1CNCCN1C(=O)c1cc(C)n(C2CC2)c1C.Cl. The van der Waals surface area contributed by atoms with Gasteiger partial charge >= 0.3 is 0 Å². The highest BCUT2D eigenvalue weighted by Crippen LogP contribution is 2.39. The van der Waals surface area contributed by atoms with E-state index < -0.39 is 0 Å². The molecule has 4 rings (SSSR count). The number of methoxy groups -OCH3 is 1. The standard InChI is InChI=1S/C21H27N3O2.ClH/c1-14-12-18(15(2)24(14)16-8-9-16)21(25)23-11-10-22-13-19(23)17-6-4-5-7-20(17)26-3;/h4-7,12,16,19,22H,8-11,13H2,1-3H3;1H. The fourth-order valence-corrected chi connectivity index (χ4v) is 4.21.